The molecular formula is C17H15F2N5OS. The average Bonchev–Trinajstić information content (AvgIpc) is 3.11. The number of aromatic nitrogens is 4. The standard InChI is InChI=1S/C17H15F2N5OS/c1-2-23(14-8-6-12(18)7-9-14)16(25)11-26-17-20-21-22-24(17)15-5-3-4-13(19)10-15/h3-10H,2,11H2,1H3. The largest absolute Gasteiger partial charge is 0.312 e. The Morgan fingerprint density at radius 2 is 1.92 bits per heavy atom. The molecule has 2 aromatic carbocycles. The molecule has 1 heterocycles. The number of hydrogen-bond donors (Lipinski definition) is 0. The molecule has 3 aromatic rings. The van der Waals surface area contributed by atoms with Crippen LogP contribution in [0.2, 0.25) is 0 Å². The number of amides is 1. The predicted octanol–water partition coefficient (Wildman–Crippen LogP) is 3.09. The molecule has 0 unspecified atom stereocenters. The summed E-state index contributed by atoms with van der Waals surface area (Å²) in [7, 11) is 0. The van der Waals surface area contributed by atoms with E-state index in [-0.39, 0.29) is 17.5 Å². The van der Waals surface area contributed by atoms with Crippen molar-refractivity contribution < 1.29 is 13.6 Å². The van der Waals surface area contributed by atoms with Gasteiger partial charge in [0.25, 0.3) is 0 Å². The van der Waals surface area contributed by atoms with Gasteiger partial charge in [-0.05, 0) is 59.8 Å². The van der Waals surface area contributed by atoms with Crippen molar-refractivity contribution >= 4 is 23.4 Å². The summed E-state index contributed by atoms with van der Waals surface area (Å²) in [5.41, 5.74) is 1.08. The maximum absolute atomic E-state index is 13.4. The van der Waals surface area contributed by atoms with Gasteiger partial charge in [0, 0.05) is 12.2 Å². The third-order valence-electron chi connectivity index (χ3n) is 3.57. The van der Waals surface area contributed by atoms with Gasteiger partial charge in [0.1, 0.15) is 11.6 Å². The van der Waals surface area contributed by atoms with Gasteiger partial charge >= 0.3 is 0 Å². The molecule has 0 aliphatic rings. The maximum atomic E-state index is 13.4. The number of benzene rings is 2. The van der Waals surface area contributed by atoms with Crippen LogP contribution in [0.4, 0.5) is 14.5 Å². The second-order valence-electron chi connectivity index (χ2n) is 5.26. The quantitative estimate of drug-likeness (QED) is 0.620. The zero-order valence-corrected chi connectivity index (χ0v) is 14.7. The summed E-state index contributed by atoms with van der Waals surface area (Å²) in [6, 6.07) is 11.6. The van der Waals surface area contributed by atoms with E-state index in [0.717, 1.165) is 11.8 Å². The lowest BCUT2D eigenvalue weighted by Crippen LogP contribution is -2.32. The van der Waals surface area contributed by atoms with E-state index in [9.17, 15) is 13.6 Å². The summed E-state index contributed by atoms with van der Waals surface area (Å²) in [6.07, 6.45) is 0. The van der Waals surface area contributed by atoms with Gasteiger partial charge in [-0.15, -0.1) is 5.10 Å². The number of anilines is 1. The van der Waals surface area contributed by atoms with Crippen molar-refractivity contribution in [1.29, 1.82) is 0 Å². The van der Waals surface area contributed by atoms with Crippen LogP contribution in [0.3, 0.4) is 0 Å². The summed E-state index contributed by atoms with van der Waals surface area (Å²) in [5, 5.41) is 11.7. The number of carbonyl (C=O) groups excluding carboxylic acids is 1. The Hall–Kier alpha value is -2.81. The van der Waals surface area contributed by atoms with Crippen molar-refractivity contribution in [2.75, 3.05) is 17.2 Å². The minimum absolute atomic E-state index is 0.0842. The molecule has 0 bridgehead atoms. The molecule has 0 spiro atoms. The number of thioether (sulfide) groups is 1. The Balaban J connectivity index is 1.72. The lowest BCUT2D eigenvalue weighted by molar-refractivity contribution is -0.116. The fourth-order valence-corrected chi connectivity index (χ4v) is 3.13. The summed E-state index contributed by atoms with van der Waals surface area (Å²) in [5.74, 6) is -0.849. The molecule has 26 heavy (non-hydrogen) atoms. The summed E-state index contributed by atoms with van der Waals surface area (Å²) >= 11 is 1.14. The van der Waals surface area contributed by atoms with Crippen molar-refractivity contribution in [3.63, 3.8) is 0 Å². The molecule has 0 radical (unpaired) electrons. The van der Waals surface area contributed by atoms with Crippen molar-refractivity contribution in [2.45, 2.75) is 12.1 Å². The number of carbonyl (C=O) groups is 1. The van der Waals surface area contributed by atoms with Crippen LogP contribution in [0, 0.1) is 11.6 Å². The predicted molar refractivity (Wildman–Crippen MR) is 94.3 cm³/mol. The molecule has 1 amide bonds. The third-order valence-corrected chi connectivity index (χ3v) is 4.48. The number of halogens is 2. The Bertz CT molecular complexity index is 900. The first-order valence-electron chi connectivity index (χ1n) is 7.81. The van der Waals surface area contributed by atoms with E-state index >= 15 is 0 Å². The highest BCUT2D eigenvalue weighted by molar-refractivity contribution is 7.99. The SMILES string of the molecule is CCN(C(=O)CSc1nnnn1-c1cccc(F)c1)c1ccc(F)cc1. The van der Waals surface area contributed by atoms with Crippen LogP contribution in [0.1, 0.15) is 6.92 Å². The first-order chi connectivity index (χ1) is 12.6. The van der Waals surface area contributed by atoms with E-state index < -0.39 is 5.82 Å². The minimum atomic E-state index is -0.404. The Morgan fingerprint density at radius 3 is 2.62 bits per heavy atom. The molecule has 0 aliphatic heterocycles. The van der Waals surface area contributed by atoms with Gasteiger partial charge in [-0.25, -0.2) is 8.78 Å². The topological polar surface area (TPSA) is 63.9 Å². The highest BCUT2D eigenvalue weighted by atomic mass is 32.2. The lowest BCUT2D eigenvalue weighted by atomic mass is 10.3. The monoisotopic (exact) mass is 375 g/mol. The number of tetrazole rings is 1. The highest BCUT2D eigenvalue weighted by Gasteiger charge is 2.17. The van der Waals surface area contributed by atoms with Gasteiger partial charge in [0.2, 0.25) is 11.1 Å². The minimum Gasteiger partial charge on any atom is -0.312 e. The molecule has 6 nitrogen and oxygen atoms in total. The summed E-state index contributed by atoms with van der Waals surface area (Å²) < 4.78 is 27.8. The van der Waals surface area contributed by atoms with Gasteiger partial charge < -0.3 is 4.90 Å². The normalized spacial score (nSPS) is 10.7. The average molecular weight is 375 g/mol. The third kappa shape index (κ3) is 4.05. The van der Waals surface area contributed by atoms with Gasteiger partial charge in [-0.3, -0.25) is 4.79 Å². The fraction of sp³-hybridized carbons (Fsp3) is 0.176. The molecule has 0 atom stereocenters. The van der Waals surface area contributed by atoms with Crippen LogP contribution in [-0.4, -0.2) is 38.4 Å². The van der Waals surface area contributed by atoms with Crippen molar-refractivity contribution in [2.24, 2.45) is 0 Å². The number of hydrogen-bond acceptors (Lipinski definition) is 5. The Labute approximate surface area is 152 Å². The smallest absolute Gasteiger partial charge is 0.237 e. The summed E-state index contributed by atoms with van der Waals surface area (Å²) in [4.78, 5) is 14.1. The van der Waals surface area contributed by atoms with Crippen molar-refractivity contribution in [3.05, 3.63) is 60.2 Å². The molecule has 0 fully saturated rings. The van der Waals surface area contributed by atoms with Crippen LogP contribution in [0.15, 0.2) is 53.7 Å². The first kappa shape index (κ1) is 18.0. The molecule has 0 saturated heterocycles. The molecule has 1 aromatic heterocycles. The molecular weight excluding hydrogens is 360 g/mol. The maximum Gasteiger partial charge on any atom is 0.237 e. The Morgan fingerprint density at radius 1 is 1.15 bits per heavy atom. The van der Waals surface area contributed by atoms with Gasteiger partial charge in [0.15, 0.2) is 0 Å². The molecule has 0 saturated carbocycles. The molecule has 0 N–H and O–H groups in total. The van der Waals surface area contributed by atoms with Crippen LogP contribution in [0.25, 0.3) is 5.69 Å². The second-order valence-corrected chi connectivity index (χ2v) is 6.20. The van der Waals surface area contributed by atoms with Crippen LogP contribution in [0.5, 0.6) is 0 Å². The Kier molecular flexibility index (Phi) is 5.57. The van der Waals surface area contributed by atoms with E-state index in [4.69, 9.17) is 0 Å². The fourth-order valence-electron chi connectivity index (χ4n) is 2.37. The molecule has 3 rings (SSSR count). The zero-order valence-electron chi connectivity index (χ0n) is 13.8. The zero-order chi connectivity index (χ0) is 18.5. The second kappa shape index (κ2) is 8.05. The highest BCUT2D eigenvalue weighted by Crippen LogP contribution is 2.21. The van der Waals surface area contributed by atoms with Crippen LogP contribution >= 0.6 is 11.8 Å². The van der Waals surface area contributed by atoms with E-state index in [0.29, 0.717) is 23.1 Å². The van der Waals surface area contributed by atoms with E-state index in [1.54, 1.807) is 29.2 Å². The molecule has 134 valence electrons. The molecule has 0 aliphatic carbocycles. The number of rotatable bonds is 6. The van der Waals surface area contributed by atoms with Crippen LogP contribution in [-0.2, 0) is 4.79 Å². The van der Waals surface area contributed by atoms with Gasteiger partial charge in [-0.1, -0.05) is 17.8 Å². The van der Waals surface area contributed by atoms with E-state index in [2.05, 4.69) is 15.5 Å². The van der Waals surface area contributed by atoms with Gasteiger partial charge in [-0.2, -0.15) is 4.68 Å². The number of nitrogens with zero attached hydrogens (tertiary/aromatic N) is 5. The lowest BCUT2D eigenvalue weighted by Gasteiger charge is -2.20. The van der Waals surface area contributed by atoms with E-state index in [1.807, 2.05) is 6.92 Å². The first-order valence-corrected chi connectivity index (χ1v) is 8.80. The van der Waals surface area contributed by atoms with Crippen LogP contribution < -0.4 is 4.90 Å². The van der Waals surface area contributed by atoms with Crippen molar-refractivity contribution in [3.8, 4) is 5.69 Å². The molecule has 9 heteroatoms. The van der Waals surface area contributed by atoms with E-state index in [1.165, 1.54) is 28.9 Å². The summed E-state index contributed by atoms with van der Waals surface area (Å²) in [6.45, 7) is 2.28. The van der Waals surface area contributed by atoms with Crippen molar-refractivity contribution in [1.82, 2.24) is 20.2 Å². The van der Waals surface area contributed by atoms with Gasteiger partial charge in [0.05, 0.1) is 11.4 Å².